The highest BCUT2D eigenvalue weighted by Crippen LogP contribution is 2.17. The van der Waals surface area contributed by atoms with E-state index in [2.05, 4.69) is 19.2 Å². The minimum Gasteiger partial charge on any atom is -0.394 e. The van der Waals surface area contributed by atoms with E-state index in [1.54, 1.807) is 6.08 Å². The third-order valence-electron chi connectivity index (χ3n) is 10.0. The Morgan fingerprint density at radius 1 is 0.489 bits per heavy atom. The van der Waals surface area contributed by atoms with Crippen LogP contribution in [0.1, 0.15) is 239 Å². The van der Waals surface area contributed by atoms with Gasteiger partial charge in [0, 0.05) is 6.42 Å². The van der Waals surface area contributed by atoms with Crippen LogP contribution in [0, 0.1) is 0 Å². The number of unbranched alkanes of at least 4 members (excludes halogenated alkanes) is 32. The molecule has 0 aliphatic heterocycles. The molecule has 0 saturated heterocycles. The van der Waals surface area contributed by atoms with Crippen molar-refractivity contribution in [3.63, 3.8) is 0 Å². The maximum atomic E-state index is 12.0. The number of amides is 1. The summed E-state index contributed by atoms with van der Waals surface area (Å²) in [5.41, 5.74) is 0. The molecule has 0 aromatic heterocycles. The van der Waals surface area contributed by atoms with Gasteiger partial charge >= 0.3 is 0 Å². The van der Waals surface area contributed by atoms with Crippen LogP contribution in [-0.2, 0) is 4.79 Å². The van der Waals surface area contributed by atoms with E-state index in [0.717, 1.165) is 32.1 Å². The Morgan fingerprint density at radius 2 is 0.787 bits per heavy atom. The largest absolute Gasteiger partial charge is 0.394 e. The van der Waals surface area contributed by atoms with Crippen LogP contribution < -0.4 is 5.32 Å². The Morgan fingerprint density at radius 3 is 1.11 bits per heavy atom. The fourth-order valence-electron chi connectivity index (χ4n) is 6.71. The molecule has 0 heterocycles. The Kier molecular flexibility index (Phi) is 38.8. The van der Waals surface area contributed by atoms with Crippen molar-refractivity contribution in [2.24, 2.45) is 0 Å². The first-order valence-electron chi connectivity index (χ1n) is 21.4. The first kappa shape index (κ1) is 46.1. The fraction of sp³-hybridized carbons (Fsp3) is 0.930. The van der Waals surface area contributed by atoms with E-state index in [9.17, 15) is 15.0 Å². The molecule has 0 spiro atoms. The van der Waals surface area contributed by atoms with Gasteiger partial charge in [-0.3, -0.25) is 4.79 Å². The molecule has 0 bridgehead atoms. The summed E-state index contributed by atoms with van der Waals surface area (Å²) in [5, 5.41) is 22.6. The summed E-state index contributed by atoms with van der Waals surface area (Å²) >= 11 is 0. The van der Waals surface area contributed by atoms with Crippen LogP contribution in [0.3, 0.4) is 0 Å². The molecule has 47 heavy (non-hydrogen) atoms. The van der Waals surface area contributed by atoms with Crippen LogP contribution in [0.25, 0.3) is 0 Å². The van der Waals surface area contributed by atoms with E-state index >= 15 is 0 Å². The molecule has 0 aromatic rings. The third-order valence-corrected chi connectivity index (χ3v) is 10.0. The highest BCUT2D eigenvalue weighted by molar-refractivity contribution is 5.76. The quantitative estimate of drug-likeness (QED) is 0.0453. The van der Waals surface area contributed by atoms with Crippen LogP contribution >= 0.6 is 0 Å². The number of carbonyl (C=O) groups excluding carboxylic acids is 1. The van der Waals surface area contributed by atoms with Gasteiger partial charge in [-0.1, -0.05) is 225 Å². The number of hydrogen-bond donors (Lipinski definition) is 3. The third kappa shape index (κ3) is 36.2. The normalized spacial score (nSPS) is 13.0. The summed E-state index contributed by atoms with van der Waals surface area (Å²) in [5.74, 6) is -0.0870. The fourth-order valence-corrected chi connectivity index (χ4v) is 6.71. The Labute approximate surface area is 295 Å². The van der Waals surface area contributed by atoms with Crippen LogP contribution in [0.2, 0.25) is 0 Å². The number of carbonyl (C=O) groups is 1. The van der Waals surface area contributed by atoms with Gasteiger partial charge in [-0.25, -0.2) is 0 Å². The summed E-state index contributed by atoms with van der Waals surface area (Å²) in [7, 11) is 0. The SMILES string of the molecule is CCCCCCCCCCCCCCCCCCCCCCCCCCCCCCCC/C=C/C(O)C(CO)NC(=O)CCCCC. The molecule has 0 rings (SSSR count). The van der Waals surface area contributed by atoms with E-state index in [-0.39, 0.29) is 12.5 Å². The summed E-state index contributed by atoms with van der Waals surface area (Å²) in [6, 6.07) is -0.612. The van der Waals surface area contributed by atoms with Gasteiger partial charge in [0.2, 0.25) is 5.91 Å². The molecule has 2 atom stereocenters. The predicted octanol–water partition coefficient (Wildman–Crippen LogP) is 13.1. The van der Waals surface area contributed by atoms with Crippen molar-refractivity contribution in [1.82, 2.24) is 5.32 Å². The molecule has 3 N–H and O–H groups in total. The second kappa shape index (κ2) is 39.6. The van der Waals surface area contributed by atoms with Crippen LogP contribution in [0.15, 0.2) is 12.2 Å². The first-order chi connectivity index (χ1) is 23.2. The highest BCUT2D eigenvalue weighted by atomic mass is 16.3. The van der Waals surface area contributed by atoms with Crippen LogP contribution in [0.5, 0.6) is 0 Å². The monoisotopic (exact) mass is 664 g/mol. The number of aliphatic hydroxyl groups excluding tert-OH is 2. The van der Waals surface area contributed by atoms with Gasteiger partial charge in [0.1, 0.15) is 0 Å². The van der Waals surface area contributed by atoms with Gasteiger partial charge in [-0.05, 0) is 19.3 Å². The van der Waals surface area contributed by atoms with Gasteiger partial charge in [-0.2, -0.15) is 0 Å². The summed E-state index contributed by atoms with van der Waals surface area (Å²) in [6.07, 6.45) is 49.9. The van der Waals surface area contributed by atoms with E-state index in [1.165, 1.54) is 186 Å². The lowest BCUT2D eigenvalue weighted by atomic mass is 10.0. The van der Waals surface area contributed by atoms with Crippen molar-refractivity contribution in [3.05, 3.63) is 12.2 Å². The smallest absolute Gasteiger partial charge is 0.220 e. The minimum atomic E-state index is -0.830. The molecule has 0 radical (unpaired) electrons. The molecule has 280 valence electrons. The number of aliphatic hydroxyl groups is 2. The number of rotatable bonds is 39. The van der Waals surface area contributed by atoms with Gasteiger partial charge in [-0.15, -0.1) is 0 Å². The molecule has 0 saturated carbocycles. The van der Waals surface area contributed by atoms with Crippen molar-refractivity contribution in [2.45, 2.75) is 251 Å². The highest BCUT2D eigenvalue weighted by Gasteiger charge is 2.17. The van der Waals surface area contributed by atoms with Crippen molar-refractivity contribution in [1.29, 1.82) is 0 Å². The van der Waals surface area contributed by atoms with Crippen molar-refractivity contribution in [3.8, 4) is 0 Å². The zero-order chi connectivity index (χ0) is 34.3. The van der Waals surface area contributed by atoms with Crippen molar-refractivity contribution >= 4 is 5.91 Å². The lowest BCUT2D eigenvalue weighted by Crippen LogP contribution is -2.45. The standard InChI is InChI=1S/C43H85NO3/c1-3-5-7-8-9-10-11-12-13-14-15-16-17-18-19-20-21-22-23-24-25-26-27-28-29-30-31-32-33-34-35-37-38-42(46)41(40-45)44-43(47)39-36-6-4-2/h37-38,41-42,45-46H,3-36,39-40H2,1-2H3,(H,44,47)/b38-37+. The van der Waals surface area contributed by atoms with Gasteiger partial charge in [0.25, 0.3) is 0 Å². The van der Waals surface area contributed by atoms with E-state index in [4.69, 9.17) is 0 Å². The predicted molar refractivity (Wildman–Crippen MR) is 207 cm³/mol. The summed E-state index contributed by atoms with van der Waals surface area (Å²) in [6.45, 7) is 4.16. The molecular formula is C43H85NO3. The molecule has 0 aliphatic rings. The zero-order valence-corrected chi connectivity index (χ0v) is 32.1. The molecular weight excluding hydrogens is 578 g/mol. The number of nitrogens with one attached hydrogen (secondary N) is 1. The van der Waals surface area contributed by atoms with E-state index in [0.29, 0.717) is 6.42 Å². The van der Waals surface area contributed by atoms with Gasteiger partial charge in [0.05, 0.1) is 18.8 Å². The second-order valence-electron chi connectivity index (χ2n) is 14.8. The lowest BCUT2D eigenvalue weighted by molar-refractivity contribution is -0.123. The molecule has 1 amide bonds. The molecule has 0 fully saturated rings. The van der Waals surface area contributed by atoms with Crippen molar-refractivity contribution in [2.75, 3.05) is 6.61 Å². The van der Waals surface area contributed by atoms with Crippen molar-refractivity contribution < 1.29 is 15.0 Å². The Balaban J connectivity index is 3.29. The van der Waals surface area contributed by atoms with Crippen LogP contribution in [-0.4, -0.2) is 34.9 Å². The molecule has 4 heteroatoms. The first-order valence-corrected chi connectivity index (χ1v) is 21.4. The maximum absolute atomic E-state index is 12.0. The Hall–Kier alpha value is -0.870. The topological polar surface area (TPSA) is 69.6 Å². The zero-order valence-electron chi connectivity index (χ0n) is 32.1. The molecule has 4 nitrogen and oxygen atoms in total. The molecule has 0 aliphatic carbocycles. The Bertz CT molecular complexity index is 637. The van der Waals surface area contributed by atoms with Crippen LogP contribution in [0.4, 0.5) is 0 Å². The number of allylic oxidation sites excluding steroid dienone is 1. The van der Waals surface area contributed by atoms with E-state index < -0.39 is 12.1 Å². The average Bonchev–Trinajstić information content (AvgIpc) is 3.07. The summed E-state index contributed by atoms with van der Waals surface area (Å²) < 4.78 is 0. The number of hydrogen-bond acceptors (Lipinski definition) is 3. The van der Waals surface area contributed by atoms with E-state index in [1.807, 2.05) is 6.08 Å². The van der Waals surface area contributed by atoms with Gasteiger partial charge in [0.15, 0.2) is 0 Å². The van der Waals surface area contributed by atoms with Gasteiger partial charge < -0.3 is 15.5 Å². The maximum Gasteiger partial charge on any atom is 0.220 e. The second-order valence-corrected chi connectivity index (χ2v) is 14.8. The average molecular weight is 664 g/mol. The molecule has 2 unspecified atom stereocenters. The minimum absolute atomic E-state index is 0.0870. The lowest BCUT2D eigenvalue weighted by Gasteiger charge is -2.19. The summed E-state index contributed by atoms with van der Waals surface area (Å²) in [4.78, 5) is 12.0. The molecule has 0 aromatic carbocycles.